The van der Waals surface area contributed by atoms with Crippen molar-refractivity contribution < 1.29 is 28.3 Å². The molecule has 294 valence electrons. The SMILES string of the molecule is CC(C[C@@H](N=C(N)N)C(=O)CCC(=O)N1CCC(c2cc(C(=O)c3ccc(OCc4ccc(C(=O)C(C)(C)C)o4)c(Cl)c3Cl)nn2C)CC1)CC(C)(C)C. The van der Waals surface area contributed by atoms with Gasteiger partial charge < -0.3 is 25.5 Å². The molecule has 2 atom stereocenters. The lowest BCUT2D eigenvalue weighted by molar-refractivity contribution is -0.134. The molecule has 0 saturated carbocycles. The van der Waals surface area contributed by atoms with Crippen molar-refractivity contribution in [2.45, 2.75) is 106 Å². The zero-order valence-corrected chi connectivity index (χ0v) is 34.1. The van der Waals surface area contributed by atoms with Crippen LogP contribution < -0.4 is 16.2 Å². The first-order valence-electron chi connectivity index (χ1n) is 18.4. The van der Waals surface area contributed by atoms with Crippen LogP contribution in [0.15, 0.2) is 39.7 Å². The van der Waals surface area contributed by atoms with Crippen molar-refractivity contribution in [3.63, 3.8) is 0 Å². The van der Waals surface area contributed by atoms with Crippen molar-refractivity contribution in [3.8, 4) is 5.75 Å². The van der Waals surface area contributed by atoms with Gasteiger partial charge in [0.25, 0.3) is 0 Å². The van der Waals surface area contributed by atoms with Gasteiger partial charge in [0, 0.05) is 55.6 Å². The number of aliphatic imine (C=N–C) groups is 1. The van der Waals surface area contributed by atoms with E-state index in [9.17, 15) is 19.2 Å². The van der Waals surface area contributed by atoms with Gasteiger partial charge >= 0.3 is 0 Å². The van der Waals surface area contributed by atoms with E-state index in [-0.39, 0.29) is 92.9 Å². The smallest absolute Gasteiger partial charge is 0.223 e. The van der Waals surface area contributed by atoms with Crippen molar-refractivity contribution in [2.24, 2.45) is 40.3 Å². The van der Waals surface area contributed by atoms with E-state index in [1.54, 1.807) is 40.9 Å². The number of Topliss-reactive ketones (excluding diaryl/α,β-unsaturated/α-hetero) is 2. The van der Waals surface area contributed by atoms with Gasteiger partial charge in [-0.05, 0) is 67.3 Å². The predicted molar refractivity (Wildman–Crippen MR) is 210 cm³/mol. The molecule has 3 heterocycles. The fraction of sp³-hybridized carbons (Fsp3) is 0.550. The van der Waals surface area contributed by atoms with Gasteiger partial charge in [0.05, 0.1) is 5.02 Å². The van der Waals surface area contributed by atoms with Crippen LogP contribution in [0, 0.1) is 16.7 Å². The number of piperidine rings is 1. The molecule has 1 aliphatic rings. The van der Waals surface area contributed by atoms with Gasteiger partial charge in [-0.1, -0.05) is 71.7 Å². The number of rotatable bonds is 15. The number of likely N-dealkylation sites (tertiary alicyclic amines) is 1. The highest BCUT2D eigenvalue weighted by atomic mass is 35.5. The number of amides is 1. The number of benzene rings is 1. The maximum absolute atomic E-state index is 13.6. The third-order valence-corrected chi connectivity index (χ3v) is 10.4. The topological polar surface area (TPSA) is 176 Å². The Morgan fingerprint density at radius 3 is 2.28 bits per heavy atom. The minimum absolute atomic E-state index is 0.00395. The monoisotopic (exact) mass is 784 g/mol. The average molecular weight is 786 g/mol. The highest BCUT2D eigenvalue weighted by Gasteiger charge is 2.30. The maximum Gasteiger partial charge on any atom is 0.223 e. The second-order valence-electron chi connectivity index (χ2n) is 16.6. The number of ketones is 3. The highest BCUT2D eigenvalue weighted by molar-refractivity contribution is 6.45. The number of carbonyl (C=O) groups excluding carboxylic acids is 4. The molecule has 1 amide bonds. The second-order valence-corrected chi connectivity index (χ2v) is 17.3. The number of aromatic nitrogens is 2. The number of nitrogens with two attached hydrogens (primary N) is 2. The molecule has 0 radical (unpaired) electrons. The van der Waals surface area contributed by atoms with Crippen molar-refractivity contribution in [3.05, 3.63) is 68.8 Å². The van der Waals surface area contributed by atoms with Gasteiger partial charge in [0.2, 0.25) is 17.5 Å². The van der Waals surface area contributed by atoms with Crippen molar-refractivity contribution in [2.75, 3.05) is 13.1 Å². The number of aryl methyl sites for hydroxylation is 1. The molecule has 1 aromatic carbocycles. The van der Waals surface area contributed by atoms with Crippen LogP contribution in [0.2, 0.25) is 10.0 Å². The van der Waals surface area contributed by atoms with E-state index in [1.165, 1.54) is 6.07 Å². The summed E-state index contributed by atoms with van der Waals surface area (Å²) >= 11 is 13.1. The van der Waals surface area contributed by atoms with Crippen molar-refractivity contribution in [1.29, 1.82) is 0 Å². The van der Waals surface area contributed by atoms with Gasteiger partial charge in [-0.25, -0.2) is 4.99 Å². The van der Waals surface area contributed by atoms with E-state index in [0.717, 1.165) is 12.1 Å². The van der Waals surface area contributed by atoms with Crippen LogP contribution in [0.5, 0.6) is 5.75 Å². The third-order valence-electron chi connectivity index (χ3n) is 9.49. The molecule has 1 saturated heterocycles. The fourth-order valence-electron chi connectivity index (χ4n) is 6.95. The molecule has 1 unspecified atom stereocenters. The van der Waals surface area contributed by atoms with Crippen LogP contribution in [0.1, 0.15) is 131 Å². The normalized spacial score (nSPS) is 15.1. The highest BCUT2D eigenvalue weighted by Crippen LogP contribution is 2.37. The maximum atomic E-state index is 13.6. The lowest BCUT2D eigenvalue weighted by Gasteiger charge is -2.32. The Bertz CT molecular complexity index is 1870. The van der Waals surface area contributed by atoms with E-state index in [2.05, 4.69) is 37.8 Å². The van der Waals surface area contributed by atoms with Crippen molar-refractivity contribution in [1.82, 2.24) is 14.7 Å². The molecular weight excluding hydrogens is 731 g/mol. The molecule has 0 spiro atoms. The molecule has 4 N–H and O–H groups in total. The summed E-state index contributed by atoms with van der Waals surface area (Å²) in [5.41, 5.74) is 12.1. The Kier molecular flexibility index (Phi) is 13.8. The number of hydrogen-bond donors (Lipinski definition) is 2. The minimum atomic E-state index is -0.668. The van der Waals surface area contributed by atoms with Crippen molar-refractivity contribution >= 4 is 52.4 Å². The number of halogens is 2. The Morgan fingerprint density at radius 1 is 1.00 bits per heavy atom. The fourth-order valence-corrected chi connectivity index (χ4v) is 7.41. The first kappa shape index (κ1) is 42.6. The molecule has 0 aliphatic carbocycles. The number of hydrogen-bond acceptors (Lipinski definition) is 8. The van der Waals surface area contributed by atoms with E-state index in [0.29, 0.717) is 38.1 Å². The summed E-state index contributed by atoms with van der Waals surface area (Å²) in [6, 6.07) is 7.47. The quantitative estimate of drug-likeness (QED) is 0.0897. The Balaban J connectivity index is 1.32. The van der Waals surface area contributed by atoms with Gasteiger partial charge in [-0.3, -0.25) is 23.9 Å². The zero-order chi connectivity index (χ0) is 40.1. The summed E-state index contributed by atoms with van der Waals surface area (Å²) in [7, 11) is 1.78. The number of nitrogens with zero attached hydrogens (tertiary/aromatic N) is 4. The summed E-state index contributed by atoms with van der Waals surface area (Å²) in [5.74, 6) is 0.368. The molecule has 54 heavy (non-hydrogen) atoms. The molecule has 1 fully saturated rings. The molecule has 2 aromatic heterocycles. The molecular formula is C40H54Cl2N6O6. The average Bonchev–Trinajstić information content (AvgIpc) is 3.72. The van der Waals surface area contributed by atoms with E-state index in [4.69, 9.17) is 43.8 Å². The summed E-state index contributed by atoms with van der Waals surface area (Å²) in [4.78, 5) is 58.4. The van der Waals surface area contributed by atoms with Crippen LogP contribution in [-0.4, -0.2) is 63.0 Å². The molecule has 12 nitrogen and oxygen atoms in total. The third kappa shape index (κ3) is 11.2. The summed E-state index contributed by atoms with van der Waals surface area (Å²) in [6.07, 6.45) is 2.95. The van der Waals surface area contributed by atoms with Crippen LogP contribution in [0.3, 0.4) is 0 Å². The Hall–Kier alpha value is -4.16. The number of ether oxygens (including phenoxy) is 1. The number of guanidine groups is 1. The molecule has 1 aliphatic heterocycles. The van der Waals surface area contributed by atoms with Crippen LogP contribution >= 0.6 is 23.2 Å². The Morgan fingerprint density at radius 2 is 1.67 bits per heavy atom. The van der Waals surface area contributed by atoms with Gasteiger partial charge in [0.15, 0.2) is 17.5 Å². The van der Waals surface area contributed by atoms with Gasteiger partial charge in [0.1, 0.15) is 34.9 Å². The van der Waals surface area contributed by atoms with E-state index >= 15 is 0 Å². The second kappa shape index (κ2) is 17.5. The van der Waals surface area contributed by atoms with Gasteiger partial charge in [-0.15, -0.1) is 0 Å². The summed E-state index contributed by atoms with van der Waals surface area (Å²) in [6.45, 7) is 15.0. The minimum Gasteiger partial charge on any atom is -0.484 e. The first-order valence-corrected chi connectivity index (χ1v) is 19.1. The Labute approximate surface area is 327 Å². The number of carbonyl (C=O) groups is 4. The molecule has 3 aromatic rings. The summed E-state index contributed by atoms with van der Waals surface area (Å²) in [5, 5.41) is 4.59. The number of furan rings is 1. The lowest BCUT2D eigenvalue weighted by Crippen LogP contribution is -2.38. The van der Waals surface area contributed by atoms with Crippen LogP contribution in [0.4, 0.5) is 0 Å². The standard InChI is InChI=1S/C40H54Cl2N6O6/c1-23(21-39(2,3)4)19-27(45-38(43)44)30(49)11-14-33(50)48-17-15-24(16-18-48)29-20-28(46-47(29)8)36(51)26-10-13-31(35(42)34(26)41)53-22-25-9-12-32(54-25)37(52)40(5,6)7/h9-10,12-13,20,23-24,27H,11,14-19,21-22H2,1-8H3,(H4,43,44,45)/t23?,27-/m1/s1. The lowest BCUT2D eigenvalue weighted by atomic mass is 9.82. The van der Waals surface area contributed by atoms with E-state index < -0.39 is 17.2 Å². The molecule has 0 bridgehead atoms. The molecule has 4 rings (SSSR count). The largest absolute Gasteiger partial charge is 0.484 e. The van der Waals surface area contributed by atoms with E-state index in [1.807, 2.05) is 20.8 Å². The predicted octanol–water partition coefficient (Wildman–Crippen LogP) is 7.52. The first-order chi connectivity index (χ1) is 25.1. The zero-order valence-electron chi connectivity index (χ0n) is 32.6. The molecule has 14 heteroatoms. The van der Waals surface area contributed by atoms with Crippen LogP contribution in [-0.2, 0) is 23.2 Å². The van der Waals surface area contributed by atoms with Crippen LogP contribution in [0.25, 0.3) is 0 Å². The van der Waals surface area contributed by atoms with Gasteiger partial charge in [-0.2, -0.15) is 5.10 Å². The summed E-state index contributed by atoms with van der Waals surface area (Å²) < 4.78 is 13.2.